The molecule has 170 valence electrons. The second-order valence-electron chi connectivity index (χ2n) is 7.56. The Labute approximate surface area is 183 Å². The number of nitrogens with zero attached hydrogens (tertiary/aromatic N) is 2. The molecule has 0 saturated carbocycles. The summed E-state index contributed by atoms with van der Waals surface area (Å²) in [5, 5.41) is 19.7. The van der Waals surface area contributed by atoms with Gasteiger partial charge in [0, 0.05) is 24.1 Å². The van der Waals surface area contributed by atoms with E-state index in [-0.39, 0.29) is 5.82 Å². The Bertz CT molecular complexity index is 999. The third-order valence-electron chi connectivity index (χ3n) is 5.39. The molecule has 1 aromatic carbocycles. The van der Waals surface area contributed by atoms with E-state index >= 15 is 0 Å². The van der Waals surface area contributed by atoms with Crippen LogP contribution in [0.3, 0.4) is 0 Å². The lowest BCUT2D eigenvalue weighted by molar-refractivity contribution is -0.175. The zero-order valence-electron chi connectivity index (χ0n) is 17.3. The van der Waals surface area contributed by atoms with Crippen molar-refractivity contribution in [3.8, 4) is 11.3 Å². The predicted molar refractivity (Wildman–Crippen MR) is 109 cm³/mol. The van der Waals surface area contributed by atoms with Crippen molar-refractivity contribution in [2.75, 3.05) is 13.2 Å². The Morgan fingerprint density at radius 2 is 1.91 bits per heavy atom. The van der Waals surface area contributed by atoms with Gasteiger partial charge in [-0.25, -0.2) is 9.18 Å². The minimum Gasteiger partial charge on any atom is -0.465 e. The molecule has 9 nitrogen and oxygen atoms in total. The second-order valence-corrected chi connectivity index (χ2v) is 7.56. The fourth-order valence-electron chi connectivity index (χ4n) is 3.81. The number of hydrogen-bond donors (Lipinski definition) is 2. The second kappa shape index (κ2) is 9.92. The van der Waals surface area contributed by atoms with Crippen LogP contribution >= 0.6 is 0 Å². The number of ether oxygens (including phenoxy) is 2. The Balaban J connectivity index is 1.33. The molecule has 1 aliphatic rings. The van der Waals surface area contributed by atoms with Crippen LogP contribution in [-0.2, 0) is 15.3 Å². The summed E-state index contributed by atoms with van der Waals surface area (Å²) in [6, 6.07) is 8.71. The summed E-state index contributed by atoms with van der Waals surface area (Å²) in [5.41, 5.74) is 1.76. The van der Waals surface area contributed by atoms with E-state index in [0.717, 1.165) is 19.3 Å². The van der Waals surface area contributed by atoms with E-state index in [1.54, 1.807) is 24.3 Å². The Hall–Kier alpha value is -3.24. The highest BCUT2D eigenvalue weighted by Gasteiger charge is 2.40. The maximum atomic E-state index is 13.1. The highest BCUT2D eigenvalue weighted by molar-refractivity contribution is 5.65. The van der Waals surface area contributed by atoms with Crippen LogP contribution in [0, 0.1) is 5.82 Å². The normalized spacial score (nSPS) is 16.2. The van der Waals surface area contributed by atoms with E-state index < -0.39 is 17.9 Å². The van der Waals surface area contributed by atoms with Crippen LogP contribution < -0.4 is 5.32 Å². The SMILES string of the molecule is O=C(O)N[C@@H](CCCCCC1(c2ccon2)OCCO1)c1cc(-c2ccc(F)cc2)on1. The summed E-state index contributed by atoms with van der Waals surface area (Å²) in [5.74, 6) is -0.776. The summed E-state index contributed by atoms with van der Waals surface area (Å²) < 4.78 is 35.0. The largest absolute Gasteiger partial charge is 0.465 e. The van der Waals surface area contributed by atoms with Gasteiger partial charge >= 0.3 is 6.09 Å². The lowest BCUT2D eigenvalue weighted by Gasteiger charge is -2.24. The molecule has 4 rings (SSSR count). The average Bonchev–Trinajstić information content (AvgIpc) is 3.55. The number of carbonyl (C=O) groups is 1. The molecule has 3 heterocycles. The van der Waals surface area contributed by atoms with Gasteiger partial charge in [-0.2, -0.15) is 0 Å². The Morgan fingerprint density at radius 3 is 2.59 bits per heavy atom. The topological polar surface area (TPSA) is 120 Å². The molecule has 1 saturated heterocycles. The fraction of sp³-hybridized carbons (Fsp3) is 0.409. The summed E-state index contributed by atoms with van der Waals surface area (Å²) in [7, 11) is 0. The first-order valence-electron chi connectivity index (χ1n) is 10.5. The monoisotopic (exact) mass is 445 g/mol. The maximum Gasteiger partial charge on any atom is 0.405 e. The molecule has 0 radical (unpaired) electrons. The van der Waals surface area contributed by atoms with Gasteiger partial charge in [0.15, 0.2) is 5.76 Å². The van der Waals surface area contributed by atoms with Gasteiger partial charge in [-0.1, -0.05) is 23.2 Å². The van der Waals surface area contributed by atoms with Crippen molar-refractivity contribution in [2.24, 2.45) is 0 Å². The van der Waals surface area contributed by atoms with E-state index in [1.807, 2.05) is 0 Å². The zero-order chi connectivity index (χ0) is 22.4. The third kappa shape index (κ3) is 5.14. The summed E-state index contributed by atoms with van der Waals surface area (Å²) in [4.78, 5) is 11.3. The predicted octanol–water partition coefficient (Wildman–Crippen LogP) is 4.63. The molecule has 32 heavy (non-hydrogen) atoms. The van der Waals surface area contributed by atoms with E-state index in [2.05, 4.69) is 15.6 Å². The molecule has 2 N–H and O–H groups in total. The number of amides is 1. The van der Waals surface area contributed by atoms with Crippen LogP contribution in [-0.4, -0.2) is 34.7 Å². The van der Waals surface area contributed by atoms with Crippen LogP contribution in [0.25, 0.3) is 11.3 Å². The Morgan fingerprint density at radius 1 is 1.12 bits per heavy atom. The number of hydrogen-bond acceptors (Lipinski definition) is 7. The van der Waals surface area contributed by atoms with Gasteiger partial charge in [-0.05, 0) is 37.1 Å². The molecule has 1 atom stereocenters. The van der Waals surface area contributed by atoms with Crippen LogP contribution in [0.5, 0.6) is 0 Å². The maximum absolute atomic E-state index is 13.1. The van der Waals surface area contributed by atoms with Crippen molar-refractivity contribution >= 4 is 6.09 Å². The average molecular weight is 445 g/mol. The van der Waals surface area contributed by atoms with Gasteiger partial charge in [-0.15, -0.1) is 0 Å². The van der Waals surface area contributed by atoms with Crippen molar-refractivity contribution in [2.45, 2.75) is 43.9 Å². The number of nitrogens with one attached hydrogen (secondary N) is 1. The van der Waals surface area contributed by atoms with Crippen molar-refractivity contribution < 1.29 is 32.8 Å². The van der Waals surface area contributed by atoms with Gasteiger partial charge in [0.25, 0.3) is 0 Å². The minimum atomic E-state index is -1.14. The van der Waals surface area contributed by atoms with Crippen LogP contribution in [0.15, 0.2) is 51.7 Å². The number of rotatable bonds is 10. The molecule has 0 aliphatic carbocycles. The van der Waals surface area contributed by atoms with E-state index in [1.165, 1.54) is 18.4 Å². The zero-order valence-corrected chi connectivity index (χ0v) is 17.3. The quantitative estimate of drug-likeness (QED) is 0.434. The molecule has 0 spiro atoms. The molecule has 0 unspecified atom stereocenters. The lowest BCUT2D eigenvalue weighted by Crippen LogP contribution is -2.28. The van der Waals surface area contributed by atoms with Crippen LogP contribution in [0.1, 0.15) is 49.5 Å². The summed E-state index contributed by atoms with van der Waals surface area (Å²) >= 11 is 0. The van der Waals surface area contributed by atoms with Crippen LogP contribution in [0.4, 0.5) is 9.18 Å². The molecule has 1 amide bonds. The molecule has 0 bridgehead atoms. The number of unbranched alkanes of at least 4 members (excludes halogenated alkanes) is 2. The van der Waals surface area contributed by atoms with Gasteiger partial charge < -0.3 is 28.9 Å². The summed E-state index contributed by atoms with van der Waals surface area (Å²) in [6.45, 7) is 1.00. The van der Waals surface area contributed by atoms with Gasteiger partial charge in [0.05, 0.1) is 19.3 Å². The van der Waals surface area contributed by atoms with Crippen molar-refractivity contribution in [3.05, 3.63) is 59.9 Å². The minimum absolute atomic E-state index is 0.349. The van der Waals surface area contributed by atoms with E-state index in [9.17, 15) is 14.3 Å². The standard InChI is InChI=1S/C22H24FN3O6/c23-16-7-5-15(6-8-16)19-14-18(25-32-19)17(24-21(27)28)4-2-1-3-10-22(29-12-13-30-22)20-9-11-31-26-20/h5-9,11,14,17,24H,1-4,10,12-13H2,(H,27,28)/t17-/m0/s1. The van der Waals surface area contributed by atoms with Crippen LogP contribution in [0.2, 0.25) is 0 Å². The number of halogens is 1. The lowest BCUT2D eigenvalue weighted by atomic mass is 10.0. The van der Waals surface area contributed by atoms with Gasteiger partial charge in [0.1, 0.15) is 23.5 Å². The van der Waals surface area contributed by atoms with Crippen molar-refractivity contribution in [1.29, 1.82) is 0 Å². The number of aromatic nitrogens is 2. The highest BCUT2D eigenvalue weighted by atomic mass is 19.1. The molecular formula is C22H24FN3O6. The first-order chi connectivity index (χ1) is 15.6. The van der Waals surface area contributed by atoms with E-state index in [4.69, 9.17) is 18.5 Å². The molecule has 1 aliphatic heterocycles. The van der Waals surface area contributed by atoms with Crippen molar-refractivity contribution in [3.63, 3.8) is 0 Å². The highest BCUT2D eigenvalue weighted by Crippen LogP contribution is 2.36. The molecular weight excluding hydrogens is 421 g/mol. The summed E-state index contributed by atoms with van der Waals surface area (Å²) in [6.07, 6.45) is 3.88. The number of benzene rings is 1. The van der Waals surface area contributed by atoms with Gasteiger partial charge in [0.2, 0.25) is 5.79 Å². The van der Waals surface area contributed by atoms with Crippen molar-refractivity contribution in [1.82, 2.24) is 15.6 Å². The smallest absolute Gasteiger partial charge is 0.405 e. The fourth-order valence-corrected chi connectivity index (χ4v) is 3.81. The molecule has 2 aromatic heterocycles. The third-order valence-corrected chi connectivity index (χ3v) is 5.39. The van der Waals surface area contributed by atoms with E-state index in [0.29, 0.717) is 48.8 Å². The molecule has 10 heteroatoms. The Kier molecular flexibility index (Phi) is 6.81. The van der Waals surface area contributed by atoms with Gasteiger partial charge in [-0.3, -0.25) is 0 Å². The first-order valence-corrected chi connectivity index (χ1v) is 10.5. The molecule has 1 fully saturated rings. The molecule has 3 aromatic rings. The number of carboxylic acid groups (broad SMARTS) is 1. The first kappa shape index (κ1) is 22.0.